The van der Waals surface area contributed by atoms with Gasteiger partial charge in [-0.2, -0.15) is 0 Å². The highest BCUT2D eigenvalue weighted by Gasteiger charge is 2.17. The van der Waals surface area contributed by atoms with Crippen molar-refractivity contribution in [2.45, 2.75) is 46.1 Å². The van der Waals surface area contributed by atoms with E-state index < -0.39 is 5.60 Å². The van der Waals surface area contributed by atoms with E-state index in [-0.39, 0.29) is 5.97 Å². The largest absolute Gasteiger partial charge is 0.496 e. The summed E-state index contributed by atoms with van der Waals surface area (Å²) in [6.45, 7) is 7.51. The summed E-state index contributed by atoms with van der Waals surface area (Å²) >= 11 is 0. The number of nitrogen functional groups attached to an aromatic ring is 1. The van der Waals surface area contributed by atoms with Crippen LogP contribution in [0.1, 0.15) is 38.3 Å². The van der Waals surface area contributed by atoms with Crippen molar-refractivity contribution in [3.63, 3.8) is 0 Å². The first-order chi connectivity index (χ1) is 8.74. The Balaban J connectivity index is 2.78. The molecule has 0 aliphatic heterocycles. The molecule has 0 aliphatic rings. The summed E-state index contributed by atoms with van der Waals surface area (Å²) in [6.07, 6.45) is 0.882. The fourth-order valence-corrected chi connectivity index (χ4v) is 1.87. The SMILES string of the molecule is COc1ccc(N)c(C)c1CCC(=O)OC(C)(C)C. The second-order valence-electron chi connectivity index (χ2n) is 5.55. The van der Waals surface area contributed by atoms with Crippen molar-refractivity contribution >= 4 is 11.7 Å². The molecule has 0 radical (unpaired) electrons. The van der Waals surface area contributed by atoms with Gasteiger partial charge in [0.25, 0.3) is 0 Å². The van der Waals surface area contributed by atoms with Crippen LogP contribution in [0.4, 0.5) is 5.69 Å². The van der Waals surface area contributed by atoms with Crippen LogP contribution < -0.4 is 10.5 Å². The van der Waals surface area contributed by atoms with Crippen LogP contribution in [0.15, 0.2) is 12.1 Å². The fraction of sp³-hybridized carbons (Fsp3) is 0.533. The third-order valence-electron chi connectivity index (χ3n) is 2.82. The van der Waals surface area contributed by atoms with Crippen LogP contribution in [-0.2, 0) is 16.0 Å². The van der Waals surface area contributed by atoms with Gasteiger partial charge in [-0.05, 0) is 57.4 Å². The minimum Gasteiger partial charge on any atom is -0.496 e. The number of hydrogen-bond donors (Lipinski definition) is 1. The first-order valence-electron chi connectivity index (χ1n) is 6.38. The van der Waals surface area contributed by atoms with E-state index in [4.69, 9.17) is 15.2 Å². The molecule has 0 spiro atoms. The van der Waals surface area contributed by atoms with Crippen LogP contribution in [0.5, 0.6) is 5.75 Å². The molecule has 0 aliphatic carbocycles. The number of carbonyl (C=O) groups is 1. The molecule has 4 heteroatoms. The number of carbonyl (C=O) groups excluding carboxylic acids is 1. The van der Waals surface area contributed by atoms with Gasteiger partial charge in [-0.1, -0.05) is 0 Å². The number of hydrogen-bond acceptors (Lipinski definition) is 4. The van der Waals surface area contributed by atoms with Gasteiger partial charge in [0.2, 0.25) is 0 Å². The molecule has 106 valence electrons. The molecule has 4 nitrogen and oxygen atoms in total. The van der Waals surface area contributed by atoms with Crippen molar-refractivity contribution < 1.29 is 14.3 Å². The Kier molecular flexibility index (Phi) is 4.81. The van der Waals surface area contributed by atoms with Crippen LogP contribution in [0.3, 0.4) is 0 Å². The number of ether oxygens (including phenoxy) is 2. The predicted molar refractivity (Wildman–Crippen MR) is 76.3 cm³/mol. The van der Waals surface area contributed by atoms with Gasteiger partial charge >= 0.3 is 5.97 Å². The minimum atomic E-state index is -0.452. The highest BCUT2D eigenvalue weighted by atomic mass is 16.6. The Hall–Kier alpha value is -1.71. The van der Waals surface area contributed by atoms with Crippen molar-refractivity contribution in [1.82, 2.24) is 0 Å². The van der Waals surface area contributed by atoms with Crippen LogP contribution >= 0.6 is 0 Å². The molecule has 19 heavy (non-hydrogen) atoms. The van der Waals surface area contributed by atoms with Crippen molar-refractivity contribution in [1.29, 1.82) is 0 Å². The van der Waals surface area contributed by atoms with Crippen LogP contribution in [0.25, 0.3) is 0 Å². The highest BCUT2D eigenvalue weighted by Crippen LogP contribution is 2.28. The molecule has 1 aromatic rings. The van der Waals surface area contributed by atoms with Crippen molar-refractivity contribution in [2.24, 2.45) is 0 Å². The van der Waals surface area contributed by atoms with E-state index in [1.165, 1.54) is 0 Å². The molecule has 0 aromatic heterocycles. The van der Waals surface area contributed by atoms with E-state index in [1.54, 1.807) is 7.11 Å². The van der Waals surface area contributed by atoms with E-state index >= 15 is 0 Å². The van der Waals surface area contributed by atoms with Gasteiger partial charge in [-0.25, -0.2) is 0 Å². The maximum absolute atomic E-state index is 11.7. The van der Waals surface area contributed by atoms with Crippen LogP contribution in [0.2, 0.25) is 0 Å². The summed E-state index contributed by atoms with van der Waals surface area (Å²) in [5.41, 5.74) is 8.06. The van der Waals surface area contributed by atoms with Crippen molar-refractivity contribution in [3.05, 3.63) is 23.3 Å². The summed E-state index contributed by atoms with van der Waals surface area (Å²) in [5.74, 6) is 0.548. The van der Waals surface area contributed by atoms with Gasteiger partial charge in [0, 0.05) is 12.1 Å². The summed E-state index contributed by atoms with van der Waals surface area (Å²) in [5, 5.41) is 0. The zero-order chi connectivity index (χ0) is 14.6. The highest BCUT2D eigenvalue weighted by molar-refractivity contribution is 5.70. The lowest BCUT2D eigenvalue weighted by molar-refractivity contribution is -0.154. The Morgan fingerprint density at radius 3 is 2.47 bits per heavy atom. The van der Waals surface area contributed by atoms with Crippen LogP contribution in [0, 0.1) is 6.92 Å². The number of anilines is 1. The molecule has 0 bridgehead atoms. The van der Waals surface area contributed by atoms with Gasteiger partial charge in [0.1, 0.15) is 11.4 Å². The Bertz CT molecular complexity index is 461. The molecule has 0 atom stereocenters. The van der Waals surface area contributed by atoms with E-state index in [2.05, 4.69) is 0 Å². The molecule has 0 heterocycles. The molecular formula is C15H23NO3. The molecular weight excluding hydrogens is 242 g/mol. The van der Waals surface area contributed by atoms with Crippen LogP contribution in [-0.4, -0.2) is 18.7 Å². The monoisotopic (exact) mass is 265 g/mol. The third kappa shape index (κ3) is 4.47. The first kappa shape index (κ1) is 15.3. The van der Waals surface area contributed by atoms with E-state index in [0.717, 1.165) is 16.9 Å². The maximum Gasteiger partial charge on any atom is 0.306 e. The minimum absolute atomic E-state index is 0.212. The number of esters is 1. The molecule has 1 aromatic carbocycles. The molecule has 0 fully saturated rings. The van der Waals surface area contributed by atoms with Gasteiger partial charge in [-0.3, -0.25) is 4.79 Å². The average Bonchev–Trinajstić information content (AvgIpc) is 2.28. The van der Waals surface area contributed by atoms with Crippen molar-refractivity contribution in [3.8, 4) is 5.75 Å². The number of benzene rings is 1. The number of rotatable bonds is 4. The normalized spacial score (nSPS) is 11.2. The Labute approximate surface area is 114 Å². The molecule has 0 amide bonds. The summed E-state index contributed by atoms with van der Waals surface area (Å²) in [7, 11) is 1.61. The fourth-order valence-electron chi connectivity index (χ4n) is 1.87. The van der Waals surface area contributed by atoms with Gasteiger partial charge in [0.05, 0.1) is 7.11 Å². The number of nitrogens with two attached hydrogens (primary N) is 1. The quantitative estimate of drug-likeness (QED) is 0.671. The number of methoxy groups -OCH3 is 1. The molecule has 0 saturated heterocycles. The maximum atomic E-state index is 11.7. The molecule has 0 unspecified atom stereocenters. The van der Waals surface area contributed by atoms with E-state index in [1.807, 2.05) is 39.8 Å². The van der Waals surface area contributed by atoms with E-state index in [9.17, 15) is 4.79 Å². The zero-order valence-corrected chi connectivity index (χ0v) is 12.4. The lowest BCUT2D eigenvalue weighted by Crippen LogP contribution is -2.24. The van der Waals surface area contributed by atoms with Gasteiger partial charge in [-0.15, -0.1) is 0 Å². The second-order valence-corrected chi connectivity index (χ2v) is 5.55. The Morgan fingerprint density at radius 1 is 1.32 bits per heavy atom. The molecule has 0 saturated carbocycles. The molecule has 1 rings (SSSR count). The topological polar surface area (TPSA) is 61.5 Å². The lowest BCUT2D eigenvalue weighted by Gasteiger charge is -2.20. The summed E-state index contributed by atoms with van der Waals surface area (Å²) < 4.78 is 10.6. The summed E-state index contributed by atoms with van der Waals surface area (Å²) in [6, 6.07) is 3.64. The van der Waals surface area contributed by atoms with Crippen molar-refractivity contribution in [2.75, 3.05) is 12.8 Å². The smallest absolute Gasteiger partial charge is 0.306 e. The second kappa shape index (κ2) is 5.95. The third-order valence-corrected chi connectivity index (χ3v) is 2.82. The summed E-state index contributed by atoms with van der Waals surface area (Å²) in [4.78, 5) is 11.7. The standard InChI is InChI=1S/C15H23NO3/c1-10-11(13(18-5)8-7-12(10)16)6-9-14(17)19-15(2,3)4/h7-8H,6,9,16H2,1-5H3. The zero-order valence-electron chi connectivity index (χ0n) is 12.4. The van der Waals surface area contributed by atoms with Gasteiger partial charge in [0.15, 0.2) is 0 Å². The first-order valence-corrected chi connectivity index (χ1v) is 6.38. The lowest BCUT2D eigenvalue weighted by atomic mass is 10.0. The molecule has 2 N–H and O–H groups in total. The van der Waals surface area contributed by atoms with E-state index in [0.29, 0.717) is 18.5 Å². The van der Waals surface area contributed by atoms with Gasteiger partial charge < -0.3 is 15.2 Å². The predicted octanol–water partition coefficient (Wildman–Crippen LogP) is 2.86. The average molecular weight is 265 g/mol. The Morgan fingerprint density at radius 2 is 1.95 bits per heavy atom.